The maximum atomic E-state index is 8.06. The molecule has 0 aliphatic heterocycles. The molecule has 0 N–H and O–H groups in total. The molecule has 0 amide bonds. The van der Waals surface area contributed by atoms with Crippen LogP contribution in [-0.2, 0) is 0 Å². The second-order valence-corrected chi connectivity index (χ2v) is 3.33. The standard InChI is InChI=1S/C11H15N3O/c1-10-5-4-6-11(9-10)15-8-3-2-7-13-14-12/h4-6,9H,2-3,7-8H2,1H3. The van der Waals surface area contributed by atoms with Crippen LogP contribution in [0.3, 0.4) is 0 Å². The summed E-state index contributed by atoms with van der Waals surface area (Å²) in [6, 6.07) is 7.97. The van der Waals surface area contributed by atoms with E-state index in [1.54, 1.807) is 0 Å². The topological polar surface area (TPSA) is 58.0 Å². The van der Waals surface area contributed by atoms with Crippen LogP contribution in [0.4, 0.5) is 0 Å². The van der Waals surface area contributed by atoms with Crippen LogP contribution in [0.15, 0.2) is 29.4 Å². The molecular weight excluding hydrogens is 190 g/mol. The quantitative estimate of drug-likeness (QED) is 0.303. The third-order valence-electron chi connectivity index (χ3n) is 1.97. The van der Waals surface area contributed by atoms with Gasteiger partial charge in [0.2, 0.25) is 0 Å². The molecule has 1 rings (SSSR count). The molecule has 0 fully saturated rings. The number of unbranched alkanes of at least 4 members (excludes halogenated alkanes) is 1. The minimum absolute atomic E-state index is 0.549. The molecule has 4 nitrogen and oxygen atoms in total. The minimum Gasteiger partial charge on any atom is -0.494 e. The summed E-state index contributed by atoms with van der Waals surface area (Å²) in [5.74, 6) is 0.902. The van der Waals surface area contributed by atoms with Crippen LogP contribution < -0.4 is 4.74 Å². The van der Waals surface area contributed by atoms with E-state index in [-0.39, 0.29) is 0 Å². The van der Waals surface area contributed by atoms with Crippen LogP contribution >= 0.6 is 0 Å². The molecule has 0 saturated carbocycles. The maximum absolute atomic E-state index is 8.06. The van der Waals surface area contributed by atoms with Crippen molar-refractivity contribution >= 4 is 0 Å². The van der Waals surface area contributed by atoms with Gasteiger partial charge in [0, 0.05) is 11.5 Å². The molecule has 15 heavy (non-hydrogen) atoms. The molecule has 0 atom stereocenters. The Morgan fingerprint density at radius 1 is 1.40 bits per heavy atom. The smallest absolute Gasteiger partial charge is 0.119 e. The molecule has 0 bridgehead atoms. The first-order valence-electron chi connectivity index (χ1n) is 5.03. The summed E-state index contributed by atoms with van der Waals surface area (Å²) in [6.45, 7) is 3.26. The number of ether oxygens (including phenoxy) is 1. The van der Waals surface area contributed by atoms with E-state index in [4.69, 9.17) is 10.3 Å². The largest absolute Gasteiger partial charge is 0.494 e. The van der Waals surface area contributed by atoms with Crippen molar-refractivity contribution in [3.05, 3.63) is 40.3 Å². The molecule has 0 spiro atoms. The molecule has 0 saturated heterocycles. The van der Waals surface area contributed by atoms with Gasteiger partial charge in [-0.25, -0.2) is 0 Å². The molecule has 0 aliphatic carbocycles. The van der Waals surface area contributed by atoms with E-state index in [0.29, 0.717) is 13.2 Å². The van der Waals surface area contributed by atoms with Gasteiger partial charge in [0.25, 0.3) is 0 Å². The van der Waals surface area contributed by atoms with E-state index in [1.165, 1.54) is 5.56 Å². The highest BCUT2D eigenvalue weighted by molar-refractivity contribution is 5.27. The van der Waals surface area contributed by atoms with Crippen LogP contribution in [0.2, 0.25) is 0 Å². The van der Waals surface area contributed by atoms with E-state index in [2.05, 4.69) is 10.0 Å². The fourth-order valence-corrected chi connectivity index (χ4v) is 1.22. The van der Waals surface area contributed by atoms with E-state index in [9.17, 15) is 0 Å². The lowest BCUT2D eigenvalue weighted by molar-refractivity contribution is 0.307. The summed E-state index contributed by atoms with van der Waals surface area (Å²) in [5.41, 5.74) is 9.25. The first kappa shape index (κ1) is 11.4. The molecule has 0 aliphatic rings. The van der Waals surface area contributed by atoms with E-state index < -0.39 is 0 Å². The Morgan fingerprint density at radius 2 is 2.27 bits per heavy atom. The number of aryl methyl sites for hydroxylation is 1. The Balaban J connectivity index is 2.17. The van der Waals surface area contributed by atoms with Gasteiger partial charge in [-0.2, -0.15) is 0 Å². The predicted octanol–water partition coefficient (Wildman–Crippen LogP) is 3.46. The SMILES string of the molecule is Cc1cccc(OCCCCN=[N+]=[N-])c1. The van der Waals surface area contributed by atoms with Gasteiger partial charge in [-0.15, -0.1) is 0 Å². The van der Waals surface area contributed by atoms with Crippen LogP contribution in [0.25, 0.3) is 10.4 Å². The Labute approximate surface area is 89.5 Å². The maximum Gasteiger partial charge on any atom is 0.119 e. The molecule has 1 aromatic rings. The fraction of sp³-hybridized carbons (Fsp3) is 0.455. The van der Waals surface area contributed by atoms with Gasteiger partial charge in [0.05, 0.1) is 6.61 Å². The average molecular weight is 205 g/mol. The lowest BCUT2D eigenvalue weighted by Crippen LogP contribution is -1.98. The van der Waals surface area contributed by atoms with Gasteiger partial charge in [0.1, 0.15) is 5.75 Å². The summed E-state index contributed by atoms with van der Waals surface area (Å²) in [5, 5.41) is 3.46. The van der Waals surface area contributed by atoms with Gasteiger partial charge in [-0.3, -0.25) is 0 Å². The van der Waals surface area contributed by atoms with Gasteiger partial charge in [0.15, 0.2) is 0 Å². The zero-order valence-corrected chi connectivity index (χ0v) is 8.89. The lowest BCUT2D eigenvalue weighted by atomic mass is 10.2. The van der Waals surface area contributed by atoms with Gasteiger partial charge < -0.3 is 4.74 Å². The summed E-state index contributed by atoms with van der Waals surface area (Å²) in [4.78, 5) is 2.69. The van der Waals surface area contributed by atoms with Crippen molar-refractivity contribution in [3.63, 3.8) is 0 Å². The first-order chi connectivity index (χ1) is 7.33. The summed E-state index contributed by atoms with van der Waals surface area (Å²) >= 11 is 0. The van der Waals surface area contributed by atoms with E-state index in [0.717, 1.165) is 18.6 Å². The van der Waals surface area contributed by atoms with Crippen molar-refractivity contribution in [2.75, 3.05) is 13.2 Å². The number of nitrogens with zero attached hydrogens (tertiary/aromatic N) is 3. The Kier molecular flexibility index (Phi) is 5.12. The summed E-state index contributed by atoms with van der Waals surface area (Å²) in [7, 11) is 0. The molecular formula is C11H15N3O. The van der Waals surface area contributed by atoms with Crippen molar-refractivity contribution < 1.29 is 4.74 Å². The zero-order chi connectivity index (χ0) is 10.9. The highest BCUT2D eigenvalue weighted by atomic mass is 16.5. The summed E-state index contributed by atoms with van der Waals surface area (Å²) in [6.07, 6.45) is 1.78. The third kappa shape index (κ3) is 4.93. The average Bonchev–Trinajstić information content (AvgIpc) is 2.23. The van der Waals surface area contributed by atoms with Crippen molar-refractivity contribution in [1.29, 1.82) is 0 Å². The summed E-state index contributed by atoms with van der Waals surface area (Å²) < 4.78 is 5.53. The van der Waals surface area contributed by atoms with E-state index in [1.807, 2.05) is 31.2 Å². The molecule has 0 aromatic heterocycles. The number of hydrogen-bond donors (Lipinski definition) is 0. The second kappa shape index (κ2) is 6.74. The van der Waals surface area contributed by atoms with Gasteiger partial charge in [-0.1, -0.05) is 17.2 Å². The fourth-order valence-electron chi connectivity index (χ4n) is 1.22. The molecule has 4 heteroatoms. The minimum atomic E-state index is 0.549. The van der Waals surface area contributed by atoms with Gasteiger partial charge >= 0.3 is 0 Å². The lowest BCUT2D eigenvalue weighted by Gasteiger charge is -2.05. The van der Waals surface area contributed by atoms with Crippen LogP contribution in [0.5, 0.6) is 5.75 Å². The molecule has 1 aromatic carbocycles. The second-order valence-electron chi connectivity index (χ2n) is 3.33. The van der Waals surface area contributed by atoms with Crippen LogP contribution in [0, 0.1) is 6.92 Å². The van der Waals surface area contributed by atoms with Crippen molar-refractivity contribution in [2.24, 2.45) is 5.11 Å². The highest BCUT2D eigenvalue weighted by Gasteiger charge is 1.93. The predicted molar refractivity (Wildman–Crippen MR) is 59.9 cm³/mol. The molecule has 0 radical (unpaired) electrons. The number of benzene rings is 1. The van der Waals surface area contributed by atoms with Crippen LogP contribution in [-0.4, -0.2) is 13.2 Å². The zero-order valence-electron chi connectivity index (χ0n) is 8.89. The Hall–Kier alpha value is -1.67. The number of azide groups is 1. The molecule has 0 unspecified atom stereocenters. The number of hydrogen-bond acceptors (Lipinski definition) is 2. The van der Waals surface area contributed by atoms with Gasteiger partial charge in [-0.05, 0) is 43.0 Å². The normalized spacial score (nSPS) is 9.40. The third-order valence-corrected chi connectivity index (χ3v) is 1.97. The van der Waals surface area contributed by atoms with Crippen molar-refractivity contribution in [3.8, 4) is 5.75 Å². The van der Waals surface area contributed by atoms with Crippen LogP contribution in [0.1, 0.15) is 18.4 Å². The first-order valence-corrected chi connectivity index (χ1v) is 5.03. The van der Waals surface area contributed by atoms with E-state index >= 15 is 0 Å². The Bertz CT molecular complexity index is 345. The highest BCUT2D eigenvalue weighted by Crippen LogP contribution is 2.12. The molecule has 0 heterocycles. The van der Waals surface area contributed by atoms with Crippen molar-refractivity contribution in [2.45, 2.75) is 19.8 Å². The number of rotatable bonds is 6. The van der Waals surface area contributed by atoms with Crippen molar-refractivity contribution in [1.82, 2.24) is 0 Å². The Morgan fingerprint density at radius 3 is 3.00 bits per heavy atom. The molecule has 80 valence electrons. The monoisotopic (exact) mass is 205 g/mol.